The van der Waals surface area contributed by atoms with Crippen molar-refractivity contribution < 1.29 is 27.1 Å². The zero-order valence-corrected chi connectivity index (χ0v) is 11.6. The minimum atomic E-state index is -4.50. The number of piperidine rings is 1. The van der Waals surface area contributed by atoms with E-state index in [0.717, 1.165) is 12.1 Å². The number of halogens is 5. The molecule has 1 saturated heterocycles. The van der Waals surface area contributed by atoms with Crippen molar-refractivity contribution in [3.63, 3.8) is 0 Å². The maximum absolute atomic E-state index is 13.9. The van der Waals surface area contributed by atoms with Crippen molar-refractivity contribution >= 4 is 23.1 Å². The molecule has 0 unspecified atom stereocenters. The average Bonchev–Trinajstić information content (AvgIpc) is 2.38. The lowest BCUT2D eigenvalue weighted by Crippen LogP contribution is -2.34. The van der Waals surface area contributed by atoms with Crippen LogP contribution in [0.4, 0.5) is 23.2 Å². The third-order valence-corrected chi connectivity index (χ3v) is 3.35. The second-order valence-electron chi connectivity index (χ2n) is 4.66. The van der Waals surface area contributed by atoms with Crippen LogP contribution in [0.3, 0.4) is 0 Å². The Balaban J connectivity index is 2.19. The lowest BCUT2D eigenvalue weighted by Gasteiger charge is -2.29. The van der Waals surface area contributed by atoms with Gasteiger partial charge in [-0.05, 0) is 6.07 Å². The summed E-state index contributed by atoms with van der Waals surface area (Å²) < 4.78 is 55.0. The molecule has 1 aliphatic heterocycles. The molecule has 0 aliphatic carbocycles. The van der Waals surface area contributed by atoms with Crippen LogP contribution in [0.1, 0.15) is 12.8 Å². The highest BCUT2D eigenvalue weighted by Crippen LogP contribution is 2.34. The quantitative estimate of drug-likeness (QED) is 0.795. The van der Waals surface area contributed by atoms with Crippen molar-refractivity contribution in [2.75, 3.05) is 24.6 Å². The summed E-state index contributed by atoms with van der Waals surface area (Å²) in [6.45, 7) is -0.873. The SMILES string of the molecule is O=C1CCN(c2cc(OCC(F)(F)F)c(Cl)cc2F)CC1. The minimum absolute atomic E-state index is 0.0779. The van der Waals surface area contributed by atoms with E-state index in [1.807, 2.05) is 0 Å². The molecule has 0 aromatic heterocycles. The van der Waals surface area contributed by atoms with Gasteiger partial charge in [0.05, 0.1) is 10.7 Å². The van der Waals surface area contributed by atoms with Crippen LogP contribution >= 0.6 is 11.6 Å². The zero-order chi connectivity index (χ0) is 15.6. The molecule has 0 N–H and O–H groups in total. The number of alkyl halides is 3. The lowest BCUT2D eigenvalue weighted by molar-refractivity contribution is -0.153. The van der Waals surface area contributed by atoms with Gasteiger partial charge >= 0.3 is 6.18 Å². The number of ether oxygens (including phenoxy) is 1. The predicted octanol–water partition coefficient (Wildman–Crippen LogP) is 3.59. The fourth-order valence-electron chi connectivity index (χ4n) is 2.03. The second-order valence-corrected chi connectivity index (χ2v) is 5.07. The minimum Gasteiger partial charge on any atom is -0.482 e. The van der Waals surface area contributed by atoms with Gasteiger partial charge in [0.1, 0.15) is 17.3 Å². The number of hydrogen-bond acceptors (Lipinski definition) is 3. The molecule has 1 aromatic rings. The first-order valence-corrected chi connectivity index (χ1v) is 6.59. The van der Waals surface area contributed by atoms with Gasteiger partial charge in [0.15, 0.2) is 6.61 Å². The standard InChI is InChI=1S/C13H12ClF4NO2/c14-9-5-10(15)11(19-3-1-8(20)2-4-19)6-12(9)21-7-13(16,17)18/h5-6H,1-4,7H2. The number of nitrogens with zero attached hydrogens (tertiary/aromatic N) is 1. The van der Waals surface area contributed by atoms with E-state index in [-0.39, 0.29) is 35.1 Å². The first kappa shape index (κ1) is 15.9. The van der Waals surface area contributed by atoms with E-state index in [1.165, 1.54) is 0 Å². The number of carbonyl (C=O) groups is 1. The molecule has 1 fully saturated rings. The Morgan fingerprint density at radius 1 is 1.24 bits per heavy atom. The molecule has 0 saturated carbocycles. The molecule has 8 heteroatoms. The summed E-state index contributed by atoms with van der Waals surface area (Å²) >= 11 is 5.69. The van der Waals surface area contributed by atoms with Crippen molar-refractivity contribution in [1.82, 2.24) is 0 Å². The molecule has 1 aliphatic rings. The predicted molar refractivity (Wildman–Crippen MR) is 69.4 cm³/mol. The van der Waals surface area contributed by atoms with E-state index < -0.39 is 18.6 Å². The van der Waals surface area contributed by atoms with Gasteiger partial charge < -0.3 is 9.64 Å². The molecular weight excluding hydrogens is 314 g/mol. The van der Waals surface area contributed by atoms with Crippen LogP contribution in [0.25, 0.3) is 0 Å². The Morgan fingerprint density at radius 2 is 1.86 bits per heavy atom. The smallest absolute Gasteiger partial charge is 0.422 e. The summed E-state index contributed by atoms with van der Waals surface area (Å²) in [5.74, 6) is -0.815. The summed E-state index contributed by atoms with van der Waals surface area (Å²) in [6, 6.07) is 2.05. The summed E-state index contributed by atoms with van der Waals surface area (Å²) in [5.41, 5.74) is 0.0871. The summed E-state index contributed by atoms with van der Waals surface area (Å²) in [5, 5.41) is -0.228. The van der Waals surface area contributed by atoms with Crippen molar-refractivity contribution in [3.8, 4) is 5.75 Å². The van der Waals surface area contributed by atoms with Crippen LogP contribution in [-0.2, 0) is 4.79 Å². The highest BCUT2D eigenvalue weighted by molar-refractivity contribution is 6.32. The monoisotopic (exact) mass is 325 g/mol. The second kappa shape index (κ2) is 6.09. The van der Waals surface area contributed by atoms with E-state index in [2.05, 4.69) is 4.74 Å². The van der Waals surface area contributed by atoms with Gasteiger partial charge in [-0.15, -0.1) is 0 Å². The number of rotatable bonds is 3. The fraction of sp³-hybridized carbons (Fsp3) is 0.462. The number of anilines is 1. The molecule has 3 nitrogen and oxygen atoms in total. The van der Waals surface area contributed by atoms with Gasteiger partial charge in [-0.1, -0.05) is 11.6 Å². The summed E-state index contributed by atoms with van der Waals surface area (Å²) in [7, 11) is 0. The van der Waals surface area contributed by atoms with Crippen molar-refractivity contribution in [2.24, 2.45) is 0 Å². The topological polar surface area (TPSA) is 29.5 Å². The van der Waals surface area contributed by atoms with Gasteiger partial charge in [0.2, 0.25) is 0 Å². The van der Waals surface area contributed by atoms with Crippen LogP contribution in [-0.4, -0.2) is 31.7 Å². The number of ketones is 1. The van der Waals surface area contributed by atoms with Crippen LogP contribution in [0.15, 0.2) is 12.1 Å². The van der Waals surface area contributed by atoms with E-state index in [9.17, 15) is 22.4 Å². The van der Waals surface area contributed by atoms with Crippen LogP contribution in [0, 0.1) is 5.82 Å². The number of hydrogen-bond donors (Lipinski definition) is 0. The first-order chi connectivity index (χ1) is 9.76. The Labute approximate surface area is 123 Å². The Bertz CT molecular complexity index is 538. The maximum Gasteiger partial charge on any atom is 0.422 e. The highest BCUT2D eigenvalue weighted by Gasteiger charge is 2.29. The Hall–Kier alpha value is -1.50. The molecule has 1 heterocycles. The lowest BCUT2D eigenvalue weighted by atomic mass is 10.1. The highest BCUT2D eigenvalue weighted by atomic mass is 35.5. The summed E-state index contributed by atoms with van der Waals surface area (Å²) in [4.78, 5) is 12.8. The molecule has 1 aromatic carbocycles. The van der Waals surface area contributed by atoms with Gasteiger partial charge in [-0.2, -0.15) is 13.2 Å². The maximum atomic E-state index is 13.9. The summed E-state index contributed by atoms with van der Waals surface area (Å²) in [6.07, 6.45) is -3.95. The normalized spacial score (nSPS) is 16.2. The van der Waals surface area contributed by atoms with Gasteiger partial charge in [-0.3, -0.25) is 4.79 Å². The van der Waals surface area contributed by atoms with E-state index >= 15 is 0 Å². The van der Waals surface area contributed by atoms with Gasteiger partial charge in [-0.25, -0.2) is 4.39 Å². The fourth-order valence-corrected chi connectivity index (χ4v) is 2.23. The average molecular weight is 326 g/mol. The van der Waals surface area contributed by atoms with E-state index in [1.54, 1.807) is 4.90 Å². The van der Waals surface area contributed by atoms with Crippen LogP contribution < -0.4 is 9.64 Å². The van der Waals surface area contributed by atoms with Gasteiger partial charge in [0, 0.05) is 32.0 Å². The third-order valence-electron chi connectivity index (χ3n) is 3.05. The zero-order valence-electron chi connectivity index (χ0n) is 10.8. The first-order valence-electron chi connectivity index (χ1n) is 6.21. The number of carbonyl (C=O) groups excluding carboxylic acids is 1. The molecule has 116 valence electrons. The van der Waals surface area contributed by atoms with Crippen LogP contribution in [0.2, 0.25) is 5.02 Å². The number of Topliss-reactive ketones (excluding diaryl/α,β-unsaturated/α-hetero) is 1. The van der Waals surface area contributed by atoms with Crippen molar-refractivity contribution in [3.05, 3.63) is 23.0 Å². The van der Waals surface area contributed by atoms with Crippen molar-refractivity contribution in [1.29, 1.82) is 0 Å². The molecular formula is C13H12ClF4NO2. The van der Waals surface area contributed by atoms with Crippen molar-refractivity contribution in [2.45, 2.75) is 19.0 Å². The number of benzene rings is 1. The molecule has 0 atom stereocenters. The third kappa shape index (κ3) is 4.23. The van der Waals surface area contributed by atoms with Gasteiger partial charge in [0.25, 0.3) is 0 Å². The van der Waals surface area contributed by atoms with E-state index in [4.69, 9.17) is 11.6 Å². The molecule has 0 spiro atoms. The molecule has 21 heavy (non-hydrogen) atoms. The Kier molecular flexibility index (Phi) is 4.61. The largest absolute Gasteiger partial charge is 0.482 e. The van der Waals surface area contributed by atoms with E-state index in [0.29, 0.717) is 13.1 Å². The Morgan fingerprint density at radius 3 is 2.43 bits per heavy atom. The molecule has 0 amide bonds. The van der Waals surface area contributed by atoms with Crippen LogP contribution in [0.5, 0.6) is 5.75 Å². The molecule has 0 bridgehead atoms. The molecule has 0 radical (unpaired) electrons. The molecule has 2 rings (SSSR count).